The minimum absolute atomic E-state index is 0.448. The molecule has 0 amide bonds. The molecule has 1 N–H and O–H groups in total. The third-order valence-electron chi connectivity index (χ3n) is 4.65. The molecular weight excluding hydrogens is 246 g/mol. The Hall–Kier alpha value is -0.0800. The molecule has 0 radical (unpaired) electrons. The van der Waals surface area contributed by atoms with Crippen LogP contribution in [-0.4, -0.2) is 25.3 Å². The van der Waals surface area contributed by atoms with E-state index < -0.39 is 0 Å². The predicted molar refractivity (Wildman–Crippen MR) is 88.2 cm³/mol. The van der Waals surface area contributed by atoms with Gasteiger partial charge in [0.2, 0.25) is 0 Å². The Morgan fingerprint density at radius 3 is 2.35 bits per heavy atom. The van der Waals surface area contributed by atoms with E-state index in [1.54, 1.807) is 0 Å². The number of rotatable bonds is 11. The van der Waals surface area contributed by atoms with Crippen molar-refractivity contribution in [2.45, 2.75) is 97.1 Å². The van der Waals surface area contributed by atoms with Gasteiger partial charge < -0.3 is 10.1 Å². The average molecular weight is 284 g/mol. The van der Waals surface area contributed by atoms with E-state index in [9.17, 15) is 0 Å². The van der Waals surface area contributed by atoms with Crippen LogP contribution in [0, 0.1) is 5.92 Å². The van der Waals surface area contributed by atoms with Crippen LogP contribution in [-0.2, 0) is 4.74 Å². The summed E-state index contributed by atoms with van der Waals surface area (Å²) in [5, 5.41) is 3.79. The van der Waals surface area contributed by atoms with Gasteiger partial charge in [0.15, 0.2) is 0 Å². The molecule has 1 fully saturated rings. The van der Waals surface area contributed by atoms with Gasteiger partial charge >= 0.3 is 0 Å². The van der Waals surface area contributed by atoms with Crippen LogP contribution < -0.4 is 5.32 Å². The highest BCUT2D eigenvalue weighted by molar-refractivity contribution is 4.85. The number of hydrogen-bond acceptors (Lipinski definition) is 2. The first-order valence-electron chi connectivity index (χ1n) is 9.18. The first kappa shape index (κ1) is 18.0. The molecule has 1 rings (SSSR count). The molecule has 1 aliphatic carbocycles. The summed E-state index contributed by atoms with van der Waals surface area (Å²) in [4.78, 5) is 0. The van der Waals surface area contributed by atoms with Crippen molar-refractivity contribution in [1.29, 1.82) is 0 Å². The van der Waals surface area contributed by atoms with E-state index in [2.05, 4.69) is 26.1 Å². The summed E-state index contributed by atoms with van der Waals surface area (Å²) in [5.41, 5.74) is 0. The van der Waals surface area contributed by atoms with E-state index in [0.29, 0.717) is 12.1 Å². The maximum Gasteiger partial charge on any atom is 0.0755 e. The Balaban J connectivity index is 2.57. The minimum Gasteiger partial charge on any atom is -0.377 e. The first-order valence-corrected chi connectivity index (χ1v) is 9.18. The molecule has 0 bridgehead atoms. The molecule has 1 aliphatic rings. The smallest absolute Gasteiger partial charge is 0.0755 e. The van der Waals surface area contributed by atoms with Crippen molar-refractivity contribution in [2.24, 2.45) is 5.92 Å². The summed E-state index contributed by atoms with van der Waals surface area (Å²) in [5.74, 6) is 0.791. The second kappa shape index (κ2) is 11.6. The van der Waals surface area contributed by atoms with Gasteiger partial charge in [-0.1, -0.05) is 52.4 Å². The molecule has 2 heteroatoms. The summed E-state index contributed by atoms with van der Waals surface area (Å²) in [6.45, 7) is 8.69. The monoisotopic (exact) mass is 283 g/mol. The van der Waals surface area contributed by atoms with Crippen LogP contribution in [0.3, 0.4) is 0 Å². The van der Waals surface area contributed by atoms with Gasteiger partial charge in [-0.15, -0.1) is 0 Å². The zero-order valence-electron chi connectivity index (χ0n) is 14.1. The van der Waals surface area contributed by atoms with Crippen molar-refractivity contribution in [3.05, 3.63) is 0 Å². The Bertz CT molecular complexity index is 213. The van der Waals surface area contributed by atoms with Crippen LogP contribution in [0.4, 0.5) is 0 Å². The van der Waals surface area contributed by atoms with E-state index >= 15 is 0 Å². The lowest BCUT2D eigenvalue weighted by molar-refractivity contribution is -0.0198. The van der Waals surface area contributed by atoms with Crippen molar-refractivity contribution in [2.75, 3.05) is 13.2 Å². The van der Waals surface area contributed by atoms with Crippen LogP contribution in [0.5, 0.6) is 0 Å². The second-order valence-corrected chi connectivity index (χ2v) is 6.37. The Morgan fingerprint density at radius 2 is 1.75 bits per heavy atom. The Labute approximate surface area is 127 Å². The van der Waals surface area contributed by atoms with E-state index in [1.807, 2.05) is 0 Å². The Morgan fingerprint density at radius 1 is 1.00 bits per heavy atom. The molecule has 2 unspecified atom stereocenters. The lowest BCUT2D eigenvalue weighted by Gasteiger charge is -2.36. The SMILES string of the molecule is CCCCCC(NCCC)C(OCC)C1CCCCC1. The van der Waals surface area contributed by atoms with Gasteiger partial charge in [0, 0.05) is 12.6 Å². The molecule has 2 atom stereocenters. The molecule has 120 valence electrons. The highest BCUT2D eigenvalue weighted by Gasteiger charge is 2.30. The molecule has 20 heavy (non-hydrogen) atoms. The van der Waals surface area contributed by atoms with E-state index in [0.717, 1.165) is 19.1 Å². The second-order valence-electron chi connectivity index (χ2n) is 6.37. The third-order valence-corrected chi connectivity index (χ3v) is 4.65. The number of hydrogen-bond donors (Lipinski definition) is 1. The van der Waals surface area contributed by atoms with Gasteiger partial charge in [-0.2, -0.15) is 0 Å². The van der Waals surface area contributed by atoms with Gasteiger partial charge in [-0.25, -0.2) is 0 Å². The van der Waals surface area contributed by atoms with Crippen LogP contribution >= 0.6 is 0 Å². The van der Waals surface area contributed by atoms with E-state index in [4.69, 9.17) is 4.74 Å². The fraction of sp³-hybridized carbons (Fsp3) is 1.00. The number of unbranched alkanes of at least 4 members (excludes halogenated alkanes) is 2. The molecule has 0 saturated heterocycles. The lowest BCUT2D eigenvalue weighted by atomic mass is 9.81. The summed E-state index contributed by atoms with van der Waals surface area (Å²) >= 11 is 0. The normalized spacial score (nSPS) is 19.9. The van der Waals surface area contributed by atoms with E-state index in [1.165, 1.54) is 64.2 Å². The highest BCUT2D eigenvalue weighted by atomic mass is 16.5. The van der Waals surface area contributed by atoms with Crippen molar-refractivity contribution in [1.82, 2.24) is 5.32 Å². The molecule has 0 heterocycles. The lowest BCUT2D eigenvalue weighted by Crippen LogP contribution is -2.46. The van der Waals surface area contributed by atoms with Gasteiger partial charge in [-0.3, -0.25) is 0 Å². The molecule has 0 spiro atoms. The fourth-order valence-electron chi connectivity index (χ4n) is 3.56. The molecule has 2 nitrogen and oxygen atoms in total. The van der Waals surface area contributed by atoms with Crippen LogP contribution in [0.15, 0.2) is 0 Å². The molecular formula is C18H37NO. The standard InChI is InChI=1S/C18H37NO/c1-4-7-9-14-17(19-15-5-2)18(20-6-3)16-12-10-8-11-13-16/h16-19H,4-15H2,1-3H3. The van der Waals surface area contributed by atoms with Crippen LogP contribution in [0.1, 0.15) is 85.0 Å². The predicted octanol–water partition coefficient (Wildman–Crippen LogP) is 4.92. The molecule has 0 aliphatic heterocycles. The average Bonchev–Trinajstić information content (AvgIpc) is 2.50. The summed E-state index contributed by atoms with van der Waals surface area (Å²) in [7, 11) is 0. The minimum atomic E-state index is 0.448. The topological polar surface area (TPSA) is 21.3 Å². The fourth-order valence-corrected chi connectivity index (χ4v) is 3.56. The number of nitrogens with one attached hydrogen (secondary N) is 1. The van der Waals surface area contributed by atoms with Crippen molar-refractivity contribution in [3.8, 4) is 0 Å². The first-order chi connectivity index (χ1) is 9.83. The highest BCUT2D eigenvalue weighted by Crippen LogP contribution is 2.30. The van der Waals surface area contributed by atoms with Gasteiger partial charge in [-0.05, 0) is 45.1 Å². The Kier molecular flexibility index (Phi) is 10.4. The largest absolute Gasteiger partial charge is 0.377 e. The maximum absolute atomic E-state index is 6.21. The summed E-state index contributed by atoms with van der Waals surface area (Å²) in [6.07, 6.45) is 14.0. The summed E-state index contributed by atoms with van der Waals surface area (Å²) < 4.78 is 6.21. The van der Waals surface area contributed by atoms with Gasteiger partial charge in [0.25, 0.3) is 0 Å². The van der Waals surface area contributed by atoms with Gasteiger partial charge in [0.05, 0.1) is 6.10 Å². The third kappa shape index (κ3) is 6.58. The zero-order chi connectivity index (χ0) is 14.6. The molecule has 0 aromatic rings. The quantitative estimate of drug-likeness (QED) is 0.543. The van der Waals surface area contributed by atoms with E-state index in [-0.39, 0.29) is 0 Å². The van der Waals surface area contributed by atoms with Crippen LogP contribution in [0.2, 0.25) is 0 Å². The van der Waals surface area contributed by atoms with Crippen LogP contribution in [0.25, 0.3) is 0 Å². The maximum atomic E-state index is 6.21. The molecule has 1 saturated carbocycles. The zero-order valence-corrected chi connectivity index (χ0v) is 14.1. The van der Waals surface area contributed by atoms with Crippen molar-refractivity contribution < 1.29 is 4.74 Å². The molecule has 0 aromatic heterocycles. The van der Waals surface area contributed by atoms with Crippen molar-refractivity contribution in [3.63, 3.8) is 0 Å². The van der Waals surface area contributed by atoms with Crippen molar-refractivity contribution >= 4 is 0 Å². The summed E-state index contributed by atoms with van der Waals surface area (Å²) in [6, 6.07) is 0.574. The number of ether oxygens (including phenoxy) is 1. The van der Waals surface area contributed by atoms with Gasteiger partial charge in [0.1, 0.15) is 0 Å². The molecule has 0 aromatic carbocycles.